The first kappa shape index (κ1) is 24.8. The Morgan fingerprint density at radius 2 is 1.97 bits per heavy atom. The second kappa shape index (κ2) is 13.1. The van der Waals surface area contributed by atoms with Gasteiger partial charge in [0.1, 0.15) is 11.6 Å². The zero-order valence-electron chi connectivity index (χ0n) is 18.6. The molecule has 0 bridgehead atoms. The fourth-order valence-corrected chi connectivity index (χ4v) is 2.35. The molecule has 0 saturated heterocycles. The van der Waals surface area contributed by atoms with Crippen LogP contribution in [0, 0.1) is 5.92 Å². The highest BCUT2D eigenvalue weighted by molar-refractivity contribution is 5.90. The zero-order chi connectivity index (χ0) is 22.5. The van der Waals surface area contributed by atoms with Gasteiger partial charge in [-0.25, -0.2) is 10.4 Å². The lowest BCUT2D eigenvalue weighted by atomic mass is 10.1. The second-order valence-corrected chi connectivity index (χ2v) is 6.99. The predicted octanol–water partition coefficient (Wildman–Crippen LogP) is 4.45. The maximum absolute atomic E-state index is 11.7. The van der Waals surface area contributed by atoms with Crippen LogP contribution in [0.5, 0.6) is 5.75 Å². The fraction of sp³-hybridized carbons (Fsp3) is 0.292. The first-order valence-electron chi connectivity index (χ1n) is 9.96. The van der Waals surface area contributed by atoms with Crippen LogP contribution >= 0.6 is 0 Å². The van der Waals surface area contributed by atoms with Crippen molar-refractivity contribution in [1.29, 1.82) is 0 Å². The minimum Gasteiger partial charge on any atom is -0.506 e. The molecule has 2 rings (SSSR count). The molecule has 4 N–H and O–H groups in total. The quantitative estimate of drug-likeness (QED) is 0.395. The molecule has 0 atom stereocenters. The molecule has 30 heavy (non-hydrogen) atoms. The Morgan fingerprint density at radius 1 is 1.27 bits per heavy atom. The monoisotopic (exact) mass is 410 g/mol. The summed E-state index contributed by atoms with van der Waals surface area (Å²) >= 11 is 0. The summed E-state index contributed by atoms with van der Waals surface area (Å²) in [4.78, 5) is 11.7. The van der Waals surface area contributed by atoms with Crippen molar-refractivity contribution < 1.29 is 9.90 Å². The number of allylic oxidation sites excluding steroid dienone is 6. The van der Waals surface area contributed by atoms with E-state index in [1.165, 1.54) is 16.7 Å². The highest BCUT2D eigenvalue weighted by Gasteiger charge is 2.20. The Kier molecular flexibility index (Phi) is 10.8. The number of phenols is 1. The number of nitrogens with zero attached hydrogens (tertiary/aromatic N) is 1. The number of aromatic hydroxyl groups is 1. The van der Waals surface area contributed by atoms with E-state index in [4.69, 9.17) is 0 Å². The highest BCUT2D eigenvalue weighted by Crippen LogP contribution is 2.21. The van der Waals surface area contributed by atoms with Crippen LogP contribution in [0.2, 0.25) is 0 Å². The number of para-hydroxylation sites is 2. The summed E-state index contributed by atoms with van der Waals surface area (Å²) in [7, 11) is 1.64. The van der Waals surface area contributed by atoms with Crippen molar-refractivity contribution >= 4 is 11.6 Å². The van der Waals surface area contributed by atoms with Gasteiger partial charge in [0.25, 0.3) is 5.91 Å². The number of nitrogens with one attached hydrogen (secondary N) is 3. The van der Waals surface area contributed by atoms with E-state index >= 15 is 0 Å². The molecule has 6 heteroatoms. The Hall–Kier alpha value is -3.25. The third-order valence-corrected chi connectivity index (χ3v) is 4.37. The molecule has 162 valence electrons. The van der Waals surface area contributed by atoms with Gasteiger partial charge in [-0.3, -0.25) is 4.79 Å². The zero-order valence-corrected chi connectivity index (χ0v) is 18.6. The largest absolute Gasteiger partial charge is 0.506 e. The molecular formula is C24H34N4O2. The third kappa shape index (κ3) is 8.41. The molecule has 0 aliphatic carbocycles. The normalized spacial score (nSPS) is 14.7. The maximum atomic E-state index is 11.7. The van der Waals surface area contributed by atoms with Crippen LogP contribution in [0.15, 0.2) is 84.4 Å². The summed E-state index contributed by atoms with van der Waals surface area (Å²) in [5.41, 5.74) is 5.44. The van der Waals surface area contributed by atoms with Crippen LogP contribution in [-0.2, 0) is 4.79 Å². The van der Waals surface area contributed by atoms with E-state index in [2.05, 4.69) is 55.6 Å². The van der Waals surface area contributed by atoms with Crippen LogP contribution in [0.4, 0.5) is 5.69 Å². The number of carbonyl (C=O) groups is 1. The number of benzene rings is 1. The second-order valence-electron chi connectivity index (χ2n) is 6.99. The van der Waals surface area contributed by atoms with Crippen molar-refractivity contribution in [3.8, 4) is 5.75 Å². The lowest BCUT2D eigenvalue weighted by Crippen LogP contribution is -2.47. The van der Waals surface area contributed by atoms with Crippen LogP contribution in [0.1, 0.15) is 27.7 Å². The first-order valence-corrected chi connectivity index (χ1v) is 9.96. The van der Waals surface area contributed by atoms with Crippen LogP contribution < -0.4 is 16.1 Å². The Bertz CT molecular complexity index is 835. The molecule has 0 aromatic heterocycles. The van der Waals surface area contributed by atoms with E-state index in [0.717, 1.165) is 0 Å². The van der Waals surface area contributed by atoms with E-state index in [9.17, 15) is 9.90 Å². The predicted molar refractivity (Wildman–Crippen MR) is 125 cm³/mol. The number of hydrogen-bond donors (Lipinski definition) is 4. The van der Waals surface area contributed by atoms with Gasteiger partial charge in [-0.15, -0.1) is 0 Å². The van der Waals surface area contributed by atoms with Gasteiger partial charge in [0.2, 0.25) is 0 Å². The summed E-state index contributed by atoms with van der Waals surface area (Å²) in [6, 6.07) is 6.92. The van der Waals surface area contributed by atoms with E-state index in [-0.39, 0.29) is 11.7 Å². The molecule has 0 spiro atoms. The van der Waals surface area contributed by atoms with Gasteiger partial charge >= 0.3 is 0 Å². The van der Waals surface area contributed by atoms with Crippen molar-refractivity contribution in [1.82, 2.24) is 15.8 Å². The van der Waals surface area contributed by atoms with E-state index in [0.29, 0.717) is 29.7 Å². The first-order chi connectivity index (χ1) is 14.3. The Morgan fingerprint density at radius 3 is 2.53 bits per heavy atom. The minimum atomic E-state index is -0.194. The van der Waals surface area contributed by atoms with E-state index in [1.807, 2.05) is 31.2 Å². The number of amides is 1. The van der Waals surface area contributed by atoms with Gasteiger partial charge in [0.05, 0.1) is 12.2 Å². The van der Waals surface area contributed by atoms with E-state index in [1.54, 1.807) is 25.2 Å². The Balaban J connectivity index is 0.000000352. The van der Waals surface area contributed by atoms with Gasteiger partial charge in [0.15, 0.2) is 0 Å². The van der Waals surface area contributed by atoms with Crippen molar-refractivity contribution in [2.75, 3.05) is 18.9 Å². The summed E-state index contributed by atoms with van der Waals surface area (Å²) in [5, 5.41) is 17.0. The number of anilines is 1. The van der Waals surface area contributed by atoms with Crippen LogP contribution in [0.3, 0.4) is 0 Å². The Labute approximate surface area is 180 Å². The van der Waals surface area contributed by atoms with Gasteiger partial charge in [-0.2, -0.15) is 0 Å². The number of hydrogen-bond acceptors (Lipinski definition) is 5. The third-order valence-electron chi connectivity index (χ3n) is 4.37. The topological polar surface area (TPSA) is 76.6 Å². The van der Waals surface area contributed by atoms with Gasteiger partial charge in [-0.05, 0) is 31.9 Å². The number of rotatable bonds is 7. The van der Waals surface area contributed by atoms with Gasteiger partial charge in [0, 0.05) is 18.8 Å². The molecule has 1 heterocycles. The summed E-state index contributed by atoms with van der Waals surface area (Å²) in [5.74, 6) is 1.09. The molecule has 0 radical (unpaired) electrons. The highest BCUT2D eigenvalue weighted by atomic mass is 16.3. The summed E-state index contributed by atoms with van der Waals surface area (Å²) in [6.07, 6.45) is 11.8. The summed E-state index contributed by atoms with van der Waals surface area (Å²) < 4.78 is 0. The van der Waals surface area contributed by atoms with Crippen LogP contribution in [0.25, 0.3) is 0 Å². The molecular weight excluding hydrogens is 376 g/mol. The average Bonchev–Trinajstić information content (AvgIpc) is 2.70. The maximum Gasteiger partial charge on any atom is 0.268 e. The van der Waals surface area contributed by atoms with Gasteiger partial charge in [-0.1, -0.05) is 68.5 Å². The molecule has 1 amide bonds. The lowest BCUT2D eigenvalue weighted by molar-refractivity contribution is -0.127. The molecule has 6 nitrogen and oxygen atoms in total. The molecule has 1 aliphatic rings. The molecule has 0 saturated carbocycles. The lowest BCUT2D eigenvalue weighted by Gasteiger charge is -2.28. The van der Waals surface area contributed by atoms with Crippen molar-refractivity contribution in [2.24, 2.45) is 5.92 Å². The molecule has 1 aliphatic heterocycles. The van der Waals surface area contributed by atoms with Crippen LogP contribution in [-0.4, -0.2) is 29.6 Å². The molecule has 0 unspecified atom stereocenters. The van der Waals surface area contributed by atoms with Crippen molar-refractivity contribution in [2.45, 2.75) is 27.7 Å². The standard InChI is InChI=1S/C13H16N4O2.C11H18/c1-9-16-10(7-13(19)17(9)14-2)8-15-11-5-3-4-6-12(11)18;1-5-6-7-8-9-11(4)10(2)3/h3-7,14-16,18H,1,8H2,2H3;5-10H,1-4H3/b;6-5+,8-7-,11-9+. The van der Waals surface area contributed by atoms with E-state index < -0.39 is 0 Å². The fourth-order valence-electron chi connectivity index (χ4n) is 2.35. The number of carbonyl (C=O) groups excluding carboxylic acids is 1. The minimum absolute atomic E-state index is 0.168. The van der Waals surface area contributed by atoms with Crippen molar-refractivity contribution in [3.05, 3.63) is 84.4 Å². The summed E-state index contributed by atoms with van der Waals surface area (Å²) in [6.45, 7) is 12.7. The molecule has 1 aromatic rings. The SMILES string of the molecule is C/C=C/C=C\C=C(/C)C(C)C.C=C1NC(CNc2ccccc2O)=CC(=O)N1NC. The number of phenolic OH excluding ortho intramolecular Hbond substituents is 1. The number of hydrazine groups is 1. The van der Waals surface area contributed by atoms with Crippen molar-refractivity contribution in [3.63, 3.8) is 0 Å². The van der Waals surface area contributed by atoms with Gasteiger partial charge < -0.3 is 15.7 Å². The molecule has 1 aromatic carbocycles. The molecule has 0 fully saturated rings. The average molecular weight is 411 g/mol. The smallest absolute Gasteiger partial charge is 0.268 e.